The van der Waals surface area contributed by atoms with Gasteiger partial charge in [-0.05, 0) is 37.2 Å². The summed E-state index contributed by atoms with van der Waals surface area (Å²) in [5.74, 6) is 2.06. The third-order valence-corrected chi connectivity index (χ3v) is 7.27. The molecule has 9 heteroatoms. The summed E-state index contributed by atoms with van der Waals surface area (Å²) < 4.78 is 38.5. The second kappa shape index (κ2) is 8.96. The quantitative estimate of drug-likeness (QED) is 0.710. The van der Waals surface area contributed by atoms with Crippen molar-refractivity contribution in [2.45, 2.75) is 57.8 Å². The molecule has 2 aliphatic heterocycles. The van der Waals surface area contributed by atoms with E-state index in [0.29, 0.717) is 33.6 Å². The Kier molecular flexibility index (Phi) is 6.50. The zero-order valence-electron chi connectivity index (χ0n) is 17.5. The molecule has 166 valence electrons. The molecule has 0 radical (unpaired) electrons. The van der Waals surface area contributed by atoms with Gasteiger partial charge in [0.25, 0.3) is 0 Å². The van der Waals surface area contributed by atoms with E-state index in [2.05, 4.69) is 39.3 Å². The minimum absolute atomic E-state index is 0.294. The average molecular weight is 442 g/mol. The number of alkyl halides is 3. The number of hydrogen-bond donors (Lipinski definition) is 2. The van der Waals surface area contributed by atoms with Gasteiger partial charge in [-0.25, -0.2) is 9.97 Å². The number of thiophene rings is 1. The highest BCUT2D eigenvalue weighted by molar-refractivity contribution is 7.18. The summed E-state index contributed by atoms with van der Waals surface area (Å²) in [5, 5.41) is 8.03. The van der Waals surface area contributed by atoms with Gasteiger partial charge in [-0.1, -0.05) is 13.8 Å². The fraction of sp³-hybridized carbons (Fsp3) is 0.714. The van der Waals surface area contributed by atoms with Gasteiger partial charge in [0.05, 0.1) is 11.8 Å². The molecule has 0 aliphatic carbocycles. The van der Waals surface area contributed by atoms with Gasteiger partial charge in [-0.3, -0.25) is 0 Å². The SMILES string of the molecule is CC(C)C(N[C@@H]1CCCN(c2ncnc3sc(CC(F)(F)F)cc23)CC1)C1CNC1. The van der Waals surface area contributed by atoms with E-state index in [1.54, 1.807) is 6.07 Å². The highest BCUT2D eigenvalue weighted by Crippen LogP contribution is 2.34. The van der Waals surface area contributed by atoms with Gasteiger partial charge in [-0.15, -0.1) is 11.3 Å². The van der Waals surface area contributed by atoms with E-state index in [0.717, 1.165) is 68.0 Å². The summed E-state index contributed by atoms with van der Waals surface area (Å²) in [5.41, 5.74) is 0. The highest BCUT2D eigenvalue weighted by atomic mass is 32.1. The van der Waals surface area contributed by atoms with Crippen LogP contribution in [0.15, 0.2) is 12.4 Å². The van der Waals surface area contributed by atoms with Crippen LogP contribution in [0.5, 0.6) is 0 Å². The van der Waals surface area contributed by atoms with Crippen molar-refractivity contribution in [3.63, 3.8) is 0 Å². The fourth-order valence-electron chi connectivity index (χ4n) is 4.61. The van der Waals surface area contributed by atoms with E-state index in [-0.39, 0.29) is 0 Å². The van der Waals surface area contributed by atoms with Gasteiger partial charge in [0.2, 0.25) is 0 Å². The number of halogens is 3. The Balaban J connectivity index is 1.45. The Hall–Kier alpha value is -1.45. The van der Waals surface area contributed by atoms with Crippen LogP contribution >= 0.6 is 11.3 Å². The Morgan fingerprint density at radius 1 is 1.23 bits per heavy atom. The first-order valence-corrected chi connectivity index (χ1v) is 11.6. The summed E-state index contributed by atoms with van der Waals surface area (Å²) in [7, 11) is 0. The van der Waals surface area contributed by atoms with Crippen LogP contribution in [0.4, 0.5) is 19.0 Å². The number of nitrogens with one attached hydrogen (secondary N) is 2. The van der Waals surface area contributed by atoms with Crippen LogP contribution in [0.3, 0.4) is 0 Å². The minimum atomic E-state index is -4.21. The van der Waals surface area contributed by atoms with E-state index >= 15 is 0 Å². The van der Waals surface area contributed by atoms with Crippen molar-refractivity contribution in [2.24, 2.45) is 11.8 Å². The number of nitrogens with zero attached hydrogens (tertiary/aromatic N) is 3. The molecular formula is C21H30F3N5S. The molecule has 0 saturated carbocycles. The normalized spacial score (nSPS) is 22.3. The molecule has 4 rings (SSSR count). The van der Waals surface area contributed by atoms with Crippen LogP contribution in [0.2, 0.25) is 0 Å². The molecule has 2 aromatic rings. The number of fused-ring (bicyclic) bond motifs is 1. The number of aromatic nitrogens is 2. The van der Waals surface area contributed by atoms with Crippen molar-refractivity contribution >= 4 is 27.4 Å². The Morgan fingerprint density at radius 2 is 2.03 bits per heavy atom. The van der Waals surface area contributed by atoms with E-state index in [1.807, 2.05) is 0 Å². The Labute approximate surface area is 179 Å². The standard InChI is InChI=1S/C21H30F3N5S/c1-13(2)18(14-10-25-11-14)28-15-4-3-6-29(7-5-15)19-17-8-16(9-21(22,23)24)30-20(17)27-12-26-19/h8,12-15,18,25,28H,3-7,9-11H2,1-2H3/t15-,18?/m1/s1. The lowest BCUT2D eigenvalue weighted by Crippen LogP contribution is -2.57. The number of rotatable bonds is 6. The van der Waals surface area contributed by atoms with Crippen LogP contribution < -0.4 is 15.5 Å². The van der Waals surface area contributed by atoms with E-state index in [9.17, 15) is 13.2 Å². The molecule has 2 atom stereocenters. The number of hydrogen-bond acceptors (Lipinski definition) is 6. The maximum absolute atomic E-state index is 12.8. The molecule has 2 aliphatic rings. The van der Waals surface area contributed by atoms with Gasteiger partial charge >= 0.3 is 6.18 Å². The average Bonchev–Trinajstić information content (AvgIpc) is 2.87. The van der Waals surface area contributed by atoms with Crippen molar-refractivity contribution in [3.8, 4) is 0 Å². The molecule has 0 bridgehead atoms. The first-order chi connectivity index (χ1) is 14.3. The fourth-order valence-corrected chi connectivity index (χ4v) is 5.64. The molecule has 30 heavy (non-hydrogen) atoms. The zero-order valence-corrected chi connectivity index (χ0v) is 18.3. The summed E-state index contributed by atoms with van der Waals surface area (Å²) in [6, 6.07) is 2.61. The van der Waals surface area contributed by atoms with Crippen LogP contribution in [0.25, 0.3) is 10.2 Å². The number of anilines is 1. The summed E-state index contributed by atoms with van der Waals surface area (Å²) in [4.78, 5) is 11.8. The van der Waals surface area contributed by atoms with Gasteiger partial charge in [0.15, 0.2) is 0 Å². The van der Waals surface area contributed by atoms with Gasteiger partial charge in [-0.2, -0.15) is 13.2 Å². The predicted molar refractivity (Wildman–Crippen MR) is 115 cm³/mol. The molecule has 5 nitrogen and oxygen atoms in total. The molecule has 2 N–H and O–H groups in total. The third kappa shape index (κ3) is 5.06. The lowest BCUT2D eigenvalue weighted by molar-refractivity contribution is -0.126. The van der Waals surface area contributed by atoms with E-state index < -0.39 is 12.6 Å². The monoisotopic (exact) mass is 441 g/mol. The maximum atomic E-state index is 12.8. The zero-order chi connectivity index (χ0) is 21.3. The predicted octanol–water partition coefficient (Wildman–Crippen LogP) is 3.99. The van der Waals surface area contributed by atoms with Gasteiger partial charge in [0.1, 0.15) is 17.0 Å². The topological polar surface area (TPSA) is 53.1 Å². The smallest absolute Gasteiger partial charge is 0.356 e. The summed E-state index contributed by atoms with van der Waals surface area (Å²) >= 11 is 1.12. The van der Waals surface area contributed by atoms with Crippen LogP contribution in [0.1, 0.15) is 38.0 Å². The Bertz CT molecular complexity index is 849. The lowest BCUT2D eigenvalue weighted by atomic mass is 9.85. The first kappa shape index (κ1) is 21.8. The second-order valence-corrected chi connectivity index (χ2v) is 10.0. The van der Waals surface area contributed by atoms with Crippen molar-refractivity contribution in [2.75, 3.05) is 31.1 Å². The molecule has 0 amide bonds. The minimum Gasteiger partial charge on any atom is -0.356 e. The molecule has 0 spiro atoms. The molecule has 2 aromatic heterocycles. The van der Waals surface area contributed by atoms with Crippen molar-refractivity contribution in [1.29, 1.82) is 0 Å². The van der Waals surface area contributed by atoms with Crippen molar-refractivity contribution in [1.82, 2.24) is 20.6 Å². The molecule has 1 unspecified atom stereocenters. The van der Waals surface area contributed by atoms with Gasteiger partial charge < -0.3 is 15.5 Å². The summed E-state index contributed by atoms with van der Waals surface area (Å²) in [6.07, 6.45) is -0.489. The van der Waals surface area contributed by atoms with E-state index in [1.165, 1.54) is 6.33 Å². The van der Waals surface area contributed by atoms with Gasteiger partial charge in [0, 0.05) is 43.1 Å². The molecule has 2 saturated heterocycles. The summed E-state index contributed by atoms with van der Waals surface area (Å²) in [6.45, 7) is 8.46. The van der Waals surface area contributed by atoms with E-state index in [4.69, 9.17) is 0 Å². The highest BCUT2D eigenvalue weighted by Gasteiger charge is 2.32. The third-order valence-electron chi connectivity index (χ3n) is 6.23. The van der Waals surface area contributed by atoms with Crippen LogP contribution in [0, 0.1) is 11.8 Å². The second-order valence-electron chi connectivity index (χ2n) is 8.89. The Morgan fingerprint density at radius 3 is 2.70 bits per heavy atom. The molecule has 4 heterocycles. The van der Waals surface area contributed by atoms with Crippen LogP contribution in [-0.2, 0) is 6.42 Å². The molecule has 2 fully saturated rings. The molecule has 0 aromatic carbocycles. The maximum Gasteiger partial charge on any atom is 0.393 e. The first-order valence-electron chi connectivity index (χ1n) is 10.8. The van der Waals surface area contributed by atoms with Crippen LogP contribution in [-0.4, -0.2) is 54.4 Å². The largest absolute Gasteiger partial charge is 0.393 e. The van der Waals surface area contributed by atoms with Crippen molar-refractivity contribution < 1.29 is 13.2 Å². The lowest BCUT2D eigenvalue weighted by Gasteiger charge is -2.39. The molecular weight excluding hydrogens is 411 g/mol. The van der Waals surface area contributed by atoms with Crippen molar-refractivity contribution in [3.05, 3.63) is 17.3 Å².